The summed E-state index contributed by atoms with van der Waals surface area (Å²) in [5.41, 5.74) is 1.55. The van der Waals surface area contributed by atoms with Crippen LogP contribution in [0.5, 0.6) is 5.75 Å². The maximum absolute atomic E-state index is 12.0. The third-order valence-electron chi connectivity index (χ3n) is 3.17. The van der Waals surface area contributed by atoms with Crippen LogP contribution in [0.4, 0.5) is 0 Å². The molecule has 1 amide bonds. The van der Waals surface area contributed by atoms with Crippen LogP contribution in [0.3, 0.4) is 0 Å². The van der Waals surface area contributed by atoms with E-state index >= 15 is 0 Å². The van der Waals surface area contributed by atoms with Gasteiger partial charge in [-0.2, -0.15) is 0 Å². The van der Waals surface area contributed by atoms with E-state index in [2.05, 4.69) is 10.5 Å². The number of rotatable bonds is 6. The number of hydrogen-bond donors (Lipinski definition) is 1. The summed E-state index contributed by atoms with van der Waals surface area (Å²) in [6.07, 6.45) is 0. The van der Waals surface area contributed by atoms with Crippen molar-refractivity contribution in [1.29, 1.82) is 0 Å². The molecule has 0 atom stereocenters. The Bertz CT molecular complexity index is 763. The van der Waals surface area contributed by atoms with Gasteiger partial charge in [-0.15, -0.1) is 0 Å². The fourth-order valence-electron chi connectivity index (χ4n) is 2.05. The molecule has 0 radical (unpaired) electrons. The van der Waals surface area contributed by atoms with Crippen LogP contribution in [0.25, 0.3) is 0 Å². The number of nitrogens with one attached hydrogen (secondary N) is 1. The fraction of sp³-hybridized carbons (Fsp3) is 0.176. The second-order valence-corrected chi connectivity index (χ2v) is 5.57. The summed E-state index contributed by atoms with van der Waals surface area (Å²) < 4.78 is 5.74. The Labute approximate surface area is 150 Å². The Hall–Kier alpha value is -2.24. The molecule has 7 heteroatoms. The van der Waals surface area contributed by atoms with E-state index < -0.39 is 0 Å². The molecule has 24 heavy (non-hydrogen) atoms. The van der Waals surface area contributed by atoms with Crippen LogP contribution in [-0.4, -0.2) is 25.8 Å². The highest BCUT2D eigenvalue weighted by Gasteiger charge is 2.17. The molecule has 0 saturated heterocycles. The molecule has 0 aliphatic heterocycles. The standard InChI is InChI=1S/C17H16Cl2N2O3/c1-20-17(22)16(21-23-2)13-6-4-3-5-11(13)10-24-15-8-7-12(18)9-14(15)19/h3-9H,10H2,1-2H3,(H,20,22)/b21-16-. The zero-order valence-electron chi connectivity index (χ0n) is 13.2. The Morgan fingerprint density at radius 2 is 1.96 bits per heavy atom. The minimum absolute atomic E-state index is 0.168. The highest BCUT2D eigenvalue weighted by Crippen LogP contribution is 2.28. The van der Waals surface area contributed by atoms with E-state index in [-0.39, 0.29) is 18.2 Å². The maximum atomic E-state index is 12.0. The van der Waals surface area contributed by atoms with Crippen LogP contribution in [-0.2, 0) is 16.2 Å². The number of hydrogen-bond acceptors (Lipinski definition) is 4. The van der Waals surface area contributed by atoms with E-state index in [0.717, 1.165) is 5.56 Å². The molecule has 5 nitrogen and oxygen atoms in total. The van der Waals surface area contributed by atoms with E-state index in [4.69, 9.17) is 32.8 Å². The minimum atomic E-state index is -0.353. The lowest BCUT2D eigenvalue weighted by Crippen LogP contribution is -2.29. The highest BCUT2D eigenvalue weighted by molar-refractivity contribution is 6.45. The second kappa shape index (κ2) is 8.57. The molecule has 126 valence electrons. The van der Waals surface area contributed by atoms with E-state index in [0.29, 0.717) is 21.4 Å². The van der Waals surface area contributed by atoms with E-state index in [1.54, 1.807) is 24.3 Å². The highest BCUT2D eigenvalue weighted by atomic mass is 35.5. The smallest absolute Gasteiger partial charge is 0.273 e. The topological polar surface area (TPSA) is 59.9 Å². The molecule has 0 aliphatic rings. The summed E-state index contributed by atoms with van der Waals surface area (Å²) in [7, 11) is 2.91. The first kappa shape index (κ1) is 18.1. The van der Waals surface area contributed by atoms with E-state index in [1.807, 2.05) is 18.2 Å². The molecule has 0 saturated carbocycles. The third kappa shape index (κ3) is 4.40. The number of nitrogens with zero attached hydrogens (tertiary/aromatic N) is 1. The van der Waals surface area contributed by atoms with Gasteiger partial charge in [0.05, 0.1) is 5.02 Å². The van der Waals surface area contributed by atoms with E-state index in [1.165, 1.54) is 14.2 Å². The normalized spacial score (nSPS) is 11.1. The molecule has 0 bridgehead atoms. The average Bonchev–Trinajstić information content (AvgIpc) is 2.59. The van der Waals surface area contributed by atoms with Gasteiger partial charge in [0.25, 0.3) is 5.91 Å². The molecule has 2 aromatic rings. The van der Waals surface area contributed by atoms with Gasteiger partial charge < -0.3 is 14.9 Å². The average molecular weight is 367 g/mol. The first-order chi connectivity index (χ1) is 11.6. The molecule has 0 spiro atoms. The molecule has 1 N–H and O–H groups in total. The molecular weight excluding hydrogens is 351 g/mol. The van der Waals surface area contributed by atoms with Crippen molar-refractivity contribution < 1.29 is 14.4 Å². The quantitative estimate of drug-likeness (QED) is 0.626. The third-order valence-corrected chi connectivity index (χ3v) is 3.70. The fourth-order valence-corrected chi connectivity index (χ4v) is 2.51. The van der Waals surface area contributed by atoms with Crippen LogP contribution in [0.15, 0.2) is 47.6 Å². The van der Waals surface area contributed by atoms with Crippen LogP contribution >= 0.6 is 23.2 Å². The lowest BCUT2D eigenvalue weighted by molar-refractivity contribution is -0.114. The van der Waals surface area contributed by atoms with Crippen molar-refractivity contribution >= 4 is 34.8 Å². The van der Waals surface area contributed by atoms with Gasteiger partial charge in [0.15, 0.2) is 5.71 Å². The lowest BCUT2D eigenvalue weighted by atomic mass is 10.0. The Morgan fingerprint density at radius 3 is 2.62 bits per heavy atom. The van der Waals surface area contributed by atoms with Gasteiger partial charge >= 0.3 is 0 Å². The first-order valence-corrected chi connectivity index (χ1v) is 7.81. The SMILES string of the molecule is CNC(=O)/C(=N\OC)c1ccccc1COc1ccc(Cl)cc1Cl. The summed E-state index contributed by atoms with van der Waals surface area (Å²) >= 11 is 12.0. The van der Waals surface area contributed by atoms with Crippen LogP contribution in [0.1, 0.15) is 11.1 Å². The Balaban J connectivity index is 2.28. The van der Waals surface area contributed by atoms with Crippen LogP contribution in [0, 0.1) is 0 Å². The summed E-state index contributed by atoms with van der Waals surface area (Å²) in [6.45, 7) is 0.206. The second-order valence-electron chi connectivity index (χ2n) is 4.72. The number of benzene rings is 2. The summed E-state index contributed by atoms with van der Waals surface area (Å²) in [5.74, 6) is 0.148. The Kier molecular flexibility index (Phi) is 6.46. The molecule has 2 rings (SSSR count). The number of likely N-dealkylation sites (N-methyl/N-ethyl adjacent to an activating group) is 1. The van der Waals surface area contributed by atoms with Crippen molar-refractivity contribution in [1.82, 2.24) is 5.32 Å². The predicted molar refractivity (Wildman–Crippen MR) is 94.8 cm³/mol. The minimum Gasteiger partial charge on any atom is -0.487 e. The maximum Gasteiger partial charge on any atom is 0.273 e. The van der Waals surface area contributed by atoms with Crippen molar-refractivity contribution in [3.63, 3.8) is 0 Å². The van der Waals surface area contributed by atoms with Gasteiger partial charge in [-0.3, -0.25) is 4.79 Å². The molecule has 0 aliphatic carbocycles. The molecule has 0 fully saturated rings. The van der Waals surface area contributed by atoms with Crippen molar-refractivity contribution in [3.8, 4) is 5.75 Å². The van der Waals surface area contributed by atoms with Gasteiger partial charge in [0.1, 0.15) is 19.5 Å². The molecular formula is C17H16Cl2N2O3. The largest absolute Gasteiger partial charge is 0.487 e. The molecule has 0 unspecified atom stereocenters. The number of carbonyl (C=O) groups is 1. The zero-order valence-corrected chi connectivity index (χ0v) is 14.7. The predicted octanol–water partition coefficient (Wildman–Crippen LogP) is 3.67. The van der Waals surface area contributed by atoms with E-state index in [9.17, 15) is 4.79 Å². The van der Waals surface area contributed by atoms with Gasteiger partial charge in [-0.05, 0) is 23.8 Å². The van der Waals surface area contributed by atoms with Crippen molar-refractivity contribution in [2.24, 2.45) is 5.16 Å². The summed E-state index contributed by atoms with van der Waals surface area (Å²) in [4.78, 5) is 16.8. The number of oxime groups is 1. The number of halogens is 2. The van der Waals surface area contributed by atoms with Crippen molar-refractivity contribution in [3.05, 3.63) is 63.6 Å². The number of amides is 1. The van der Waals surface area contributed by atoms with Gasteiger partial charge in [-0.25, -0.2) is 0 Å². The van der Waals surface area contributed by atoms with Crippen LogP contribution in [0.2, 0.25) is 10.0 Å². The summed E-state index contributed by atoms with van der Waals surface area (Å²) in [5, 5.41) is 7.30. The van der Waals surface area contributed by atoms with Crippen LogP contribution < -0.4 is 10.1 Å². The molecule has 2 aromatic carbocycles. The van der Waals surface area contributed by atoms with Crippen molar-refractivity contribution in [2.45, 2.75) is 6.61 Å². The van der Waals surface area contributed by atoms with Gasteiger partial charge in [0.2, 0.25) is 0 Å². The first-order valence-electron chi connectivity index (χ1n) is 7.06. The lowest BCUT2D eigenvalue weighted by Gasteiger charge is -2.13. The molecule has 0 aromatic heterocycles. The number of carbonyl (C=O) groups excluding carboxylic acids is 1. The van der Waals surface area contributed by atoms with Crippen molar-refractivity contribution in [2.75, 3.05) is 14.2 Å². The Morgan fingerprint density at radius 1 is 1.21 bits per heavy atom. The number of ether oxygens (including phenoxy) is 1. The van der Waals surface area contributed by atoms with Gasteiger partial charge in [-0.1, -0.05) is 52.6 Å². The zero-order chi connectivity index (χ0) is 17.5. The van der Waals surface area contributed by atoms with Gasteiger partial charge in [0, 0.05) is 17.6 Å². The monoisotopic (exact) mass is 366 g/mol. The summed E-state index contributed by atoms with van der Waals surface area (Å²) in [6, 6.07) is 12.3. The molecule has 0 heterocycles.